The maximum atomic E-state index is 12.8. The number of hydrogen-bond donors (Lipinski definition) is 0. The summed E-state index contributed by atoms with van der Waals surface area (Å²) in [4.78, 5) is 25.4. The van der Waals surface area contributed by atoms with Gasteiger partial charge in [0.15, 0.2) is 0 Å². The Balaban J connectivity index is 1.40. The number of esters is 2. The molecule has 3 aromatic carbocycles. The first kappa shape index (κ1) is 37.9. The fraction of sp³-hybridized carbons (Fsp3) is 0.524. The molecule has 0 amide bonds. The van der Waals surface area contributed by atoms with E-state index >= 15 is 0 Å². The first-order valence-electron chi connectivity index (χ1n) is 18.0. The van der Waals surface area contributed by atoms with Gasteiger partial charge in [-0.1, -0.05) is 104 Å². The van der Waals surface area contributed by atoms with Crippen molar-refractivity contribution in [3.63, 3.8) is 0 Å². The van der Waals surface area contributed by atoms with Crippen LogP contribution in [-0.4, -0.2) is 25.2 Å². The Morgan fingerprint density at radius 2 is 1.04 bits per heavy atom. The third kappa shape index (κ3) is 14.0. The summed E-state index contributed by atoms with van der Waals surface area (Å²) in [5.74, 6) is 2.81. The van der Waals surface area contributed by atoms with Gasteiger partial charge < -0.3 is 14.2 Å². The van der Waals surface area contributed by atoms with Gasteiger partial charge in [-0.15, -0.1) is 0 Å². The van der Waals surface area contributed by atoms with Crippen LogP contribution >= 0.6 is 0 Å². The van der Waals surface area contributed by atoms with E-state index in [2.05, 4.69) is 41.5 Å². The predicted molar refractivity (Wildman–Crippen MR) is 193 cm³/mol. The van der Waals surface area contributed by atoms with E-state index in [9.17, 15) is 9.59 Å². The first-order chi connectivity index (χ1) is 22.7. The Kier molecular flexibility index (Phi) is 16.6. The zero-order valence-corrected chi connectivity index (χ0v) is 29.8. The van der Waals surface area contributed by atoms with Crippen LogP contribution in [0.3, 0.4) is 0 Å². The van der Waals surface area contributed by atoms with Crippen molar-refractivity contribution < 1.29 is 23.8 Å². The summed E-state index contributed by atoms with van der Waals surface area (Å²) < 4.78 is 17.1. The molecule has 0 heterocycles. The average molecular weight is 643 g/mol. The van der Waals surface area contributed by atoms with Crippen LogP contribution in [-0.2, 0) is 4.74 Å². The number of benzene rings is 3. The maximum absolute atomic E-state index is 12.8. The van der Waals surface area contributed by atoms with Gasteiger partial charge in [0, 0.05) is 0 Å². The van der Waals surface area contributed by atoms with Crippen LogP contribution in [0.2, 0.25) is 0 Å². The lowest BCUT2D eigenvalue weighted by molar-refractivity contribution is 0.0431. The highest BCUT2D eigenvalue weighted by Crippen LogP contribution is 2.26. The van der Waals surface area contributed by atoms with Gasteiger partial charge in [0.2, 0.25) is 0 Å². The Morgan fingerprint density at radius 3 is 1.66 bits per heavy atom. The van der Waals surface area contributed by atoms with Crippen LogP contribution < -0.4 is 9.47 Å². The van der Waals surface area contributed by atoms with E-state index in [-0.39, 0.29) is 5.97 Å². The molecule has 0 fully saturated rings. The zero-order valence-electron chi connectivity index (χ0n) is 29.8. The second-order valence-electron chi connectivity index (χ2n) is 13.8. The minimum Gasteiger partial charge on any atom is -0.494 e. The lowest BCUT2D eigenvalue weighted by atomic mass is 9.85. The summed E-state index contributed by atoms with van der Waals surface area (Å²) in [6.07, 6.45) is 12.2. The third-order valence-electron chi connectivity index (χ3n) is 8.99. The number of carbonyl (C=O) groups excluding carboxylic acids is 2. The molecule has 0 spiro atoms. The largest absolute Gasteiger partial charge is 0.494 e. The molecular formula is C42H58O5. The molecule has 47 heavy (non-hydrogen) atoms. The third-order valence-corrected chi connectivity index (χ3v) is 8.99. The van der Waals surface area contributed by atoms with Crippen molar-refractivity contribution in [1.29, 1.82) is 0 Å². The molecule has 0 saturated carbocycles. The molecule has 0 aliphatic carbocycles. The van der Waals surface area contributed by atoms with Crippen molar-refractivity contribution in [3.05, 3.63) is 83.9 Å². The summed E-state index contributed by atoms with van der Waals surface area (Å²) >= 11 is 0. The number of ether oxygens (including phenoxy) is 3. The Labute approximate surface area is 284 Å². The highest BCUT2D eigenvalue weighted by Gasteiger charge is 2.17. The molecule has 0 aliphatic rings. The molecule has 0 aromatic heterocycles. The minimum absolute atomic E-state index is 0.296. The van der Waals surface area contributed by atoms with Crippen molar-refractivity contribution >= 4 is 11.9 Å². The minimum atomic E-state index is -0.452. The van der Waals surface area contributed by atoms with Crippen LogP contribution in [0.1, 0.15) is 126 Å². The second-order valence-corrected chi connectivity index (χ2v) is 13.8. The molecule has 256 valence electrons. The summed E-state index contributed by atoms with van der Waals surface area (Å²) in [7, 11) is 0. The van der Waals surface area contributed by atoms with Crippen molar-refractivity contribution in [3.8, 4) is 22.6 Å². The molecule has 0 N–H and O–H groups in total. The van der Waals surface area contributed by atoms with Crippen LogP contribution in [0.5, 0.6) is 11.5 Å². The van der Waals surface area contributed by atoms with Gasteiger partial charge in [0.25, 0.3) is 0 Å². The maximum Gasteiger partial charge on any atom is 0.343 e. The SMILES string of the molecule is CCCCCCCCOc1ccc(-c2ccc(C(=O)Oc3ccc(C(=O)OC[C@H](C)C[C@H](C)C[C@H](C)C[C@H](C)CC)cc3)cc2)cc1. The molecule has 5 nitrogen and oxygen atoms in total. The number of hydrogen-bond acceptors (Lipinski definition) is 5. The standard InChI is InChI=1S/C42H58O5/c1-7-9-10-11-12-13-26-45-39-22-18-36(19-23-39)35-14-16-38(17-15-35)42(44)47-40-24-20-37(21-25-40)41(43)46-30-34(6)29-33(5)28-32(4)27-31(3)8-2/h14-25,31-34H,7-13,26-30H2,1-6H3/t31-,32-,33-,34-/m1/s1. The van der Waals surface area contributed by atoms with Gasteiger partial charge in [0.05, 0.1) is 24.3 Å². The van der Waals surface area contributed by atoms with Gasteiger partial charge in [0.1, 0.15) is 11.5 Å². The van der Waals surface area contributed by atoms with Crippen LogP contribution in [0.4, 0.5) is 0 Å². The Bertz CT molecular complexity index is 1310. The topological polar surface area (TPSA) is 61.8 Å². The number of unbranched alkanes of at least 4 members (excludes halogenated alkanes) is 5. The number of carbonyl (C=O) groups is 2. The molecule has 3 rings (SSSR count). The van der Waals surface area contributed by atoms with Crippen LogP contribution in [0.25, 0.3) is 11.1 Å². The molecule has 0 saturated heterocycles. The molecule has 0 bridgehead atoms. The normalized spacial score (nSPS) is 13.7. The lowest BCUT2D eigenvalue weighted by Gasteiger charge is -2.22. The smallest absolute Gasteiger partial charge is 0.343 e. The van der Waals surface area contributed by atoms with E-state index in [1.807, 2.05) is 36.4 Å². The highest BCUT2D eigenvalue weighted by molar-refractivity contribution is 5.92. The quantitative estimate of drug-likeness (QED) is 0.0657. The molecule has 0 unspecified atom stereocenters. The van der Waals surface area contributed by atoms with Crippen molar-refractivity contribution in [2.45, 2.75) is 106 Å². The molecule has 0 radical (unpaired) electrons. The van der Waals surface area contributed by atoms with Crippen molar-refractivity contribution in [2.75, 3.05) is 13.2 Å². The monoisotopic (exact) mass is 642 g/mol. The van der Waals surface area contributed by atoms with E-state index in [0.29, 0.717) is 41.2 Å². The van der Waals surface area contributed by atoms with Gasteiger partial charge in [-0.25, -0.2) is 9.59 Å². The van der Waals surface area contributed by atoms with Crippen LogP contribution in [0.15, 0.2) is 72.8 Å². The zero-order chi connectivity index (χ0) is 34.0. The highest BCUT2D eigenvalue weighted by atomic mass is 16.5. The molecule has 0 aliphatic heterocycles. The predicted octanol–water partition coefficient (Wildman–Crippen LogP) is 11.6. The summed E-state index contributed by atoms with van der Waals surface area (Å²) in [6, 6.07) is 21.9. The fourth-order valence-corrected chi connectivity index (χ4v) is 6.23. The lowest BCUT2D eigenvalue weighted by Crippen LogP contribution is -2.16. The van der Waals surface area contributed by atoms with Gasteiger partial charge in [-0.2, -0.15) is 0 Å². The summed E-state index contributed by atoms with van der Waals surface area (Å²) in [6.45, 7) is 14.7. The van der Waals surface area contributed by atoms with E-state index in [0.717, 1.165) is 42.2 Å². The molecular weight excluding hydrogens is 584 g/mol. The molecule has 4 atom stereocenters. The van der Waals surface area contributed by atoms with E-state index in [4.69, 9.17) is 14.2 Å². The van der Waals surface area contributed by atoms with Gasteiger partial charge in [-0.3, -0.25) is 0 Å². The Hall–Kier alpha value is -3.60. The summed E-state index contributed by atoms with van der Waals surface area (Å²) in [5.41, 5.74) is 2.95. The van der Waals surface area contributed by atoms with Crippen LogP contribution in [0, 0.1) is 23.7 Å². The van der Waals surface area contributed by atoms with Gasteiger partial charge in [-0.05, 0) is 109 Å². The second kappa shape index (κ2) is 20.6. The number of rotatable bonds is 21. The van der Waals surface area contributed by atoms with Crippen molar-refractivity contribution in [1.82, 2.24) is 0 Å². The van der Waals surface area contributed by atoms with E-state index in [1.54, 1.807) is 36.4 Å². The average Bonchev–Trinajstić information content (AvgIpc) is 3.07. The van der Waals surface area contributed by atoms with E-state index in [1.165, 1.54) is 51.4 Å². The fourth-order valence-electron chi connectivity index (χ4n) is 6.23. The summed E-state index contributed by atoms with van der Waals surface area (Å²) in [5, 5.41) is 0. The van der Waals surface area contributed by atoms with Gasteiger partial charge >= 0.3 is 11.9 Å². The molecule has 5 heteroatoms. The molecule has 3 aromatic rings. The first-order valence-corrected chi connectivity index (χ1v) is 18.0. The Morgan fingerprint density at radius 1 is 0.553 bits per heavy atom. The van der Waals surface area contributed by atoms with Crippen molar-refractivity contribution in [2.24, 2.45) is 23.7 Å². The van der Waals surface area contributed by atoms with E-state index < -0.39 is 5.97 Å².